The van der Waals surface area contributed by atoms with E-state index < -0.39 is 0 Å². The smallest absolute Gasteiger partial charge is 0.287 e. The normalized spacial score (nSPS) is 16.2. The van der Waals surface area contributed by atoms with Crippen LogP contribution < -0.4 is 11.1 Å². The summed E-state index contributed by atoms with van der Waals surface area (Å²) in [6, 6.07) is 4.09. The van der Waals surface area contributed by atoms with E-state index in [4.69, 9.17) is 10.2 Å². The summed E-state index contributed by atoms with van der Waals surface area (Å²) in [5.41, 5.74) is 5.44. The molecular weight excluding hydrogens is 242 g/mol. The number of likely N-dealkylation sites (N-methyl/N-ethyl adjacent to an activating group) is 1. The molecule has 0 saturated heterocycles. The summed E-state index contributed by atoms with van der Waals surface area (Å²) in [5, 5.41) is 2.88. The fourth-order valence-electron chi connectivity index (χ4n) is 2.57. The molecule has 1 aromatic heterocycles. The van der Waals surface area contributed by atoms with Crippen molar-refractivity contribution >= 4 is 5.91 Å². The molecule has 0 atom stereocenters. The first kappa shape index (κ1) is 14.1. The van der Waals surface area contributed by atoms with Crippen LogP contribution in [0.2, 0.25) is 0 Å². The van der Waals surface area contributed by atoms with E-state index in [2.05, 4.69) is 17.3 Å². The lowest BCUT2D eigenvalue weighted by molar-refractivity contribution is 0.0917. The average molecular weight is 265 g/mol. The second-order valence-electron chi connectivity index (χ2n) is 5.14. The highest BCUT2D eigenvalue weighted by atomic mass is 16.4. The summed E-state index contributed by atoms with van der Waals surface area (Å²) in [4.78, 5) is 14.1. The number of hydrogen-bond acceptors (Lipinski definition) is 4. The van der Waals surface area contributed by atoms with Gasteiger partial charge in [-0.25, -0.2) is 0 Å². The lowest BCUT2D eigenvalue weighted by Crippen LogP contribution is -2.37. The van der Waals surface area contributed by atoms with Gasteiger partial charge in [-0.2, -0.15) is 0 Å². The Balaban J connectivity index is 1.71. The molecule has 0 bridgehead atoms. The van der Waals surface area contributed by atoms with Gasteiger partial charge in [-0.15, -0.1) is 0 Å². The first-order valence-corrected chi connectivity index (χ1v) is 6.98. The van der Waals surface area contributed by atoms with E-state index in [9.17, 15) is 4.79 Å². The van der Waals surface area contributed by atoms with Crippen LogP contribution in [0.1, 0.15) is 42.0 Å². The van der Waals surface area contributed by atoms with Crippen molar-refractivity contribution in [2.45, 2.75) is 38.3 Å². The molecule has 0 unspecified atom stereocenters. The highest BCUT2D eigenvalue weighted by Gasteiger charge is 2.19. The third kappa shape index (κ3) is 3.81. The van der Waals surface area contributed by atoms with Crippen LogP contribution in [-0.2, 0) is 6.54 Å². The van der Waals surface area contributed by atoms with Crippen LogP contribution in [0.3, 0.4) is 0 Å². The Morgan fingerprint density at radius 1 is 1.47 bits per heavy atom. The van der Waals surface area contributed by atoms with E-state index in [1.54, 1.807) is 12.1 Å². The van der Waals surface area contributed by atoms with Crippen molar-refractivity contribution in [3.05, 3.63) is 23.7 Å². The Kier molecular flexibility index (Phi) is 4.99. The molecule has 106 valence electrons. The van der Waals surface area contributed by atoms with Gasteiger partial charge < -0.3 is 20.4 Å². The number of nitrogens with one attached hydrogen (secondary N) is 1. The largest absolute Gasteiger partial charge is 0.455 e. The first-order chi connectivity index (χ1) is 9.20. The number of nitrogens with zero attached hydrogens (tertiary/aromatic N) is 1. The Morgan fingerprint density at radius 2 is 2.21 bits per heavy atom. The minimum absolute atomic E-state index is 0.167. The fourth-order valence-corrected chi connectivity index (χ4v) is 2.57. The van der Waals surface area contributed by atoms with Crippen LogP contribution in [0.25, 0.3) is 0 Å². The summed E-state index contributed by atoms with van der Waals surface area (Å²) < 4.78 is 5.30. The highest BCUT2D eigenvalue weighted by Crippen LogP contribution is 2.21. The van der Waals surface area contributed by atoms with Crippen molar-refractivity contribution in [2.75, 3.05) is 20.1 Å². The number of nitrogens with two attached hydrogens (primary N) is 1. The van der Waals surface area contributed by atoms with Crippen molar-refractivity contribution in [1.29, 1.82) is 0 Å². The van der Waals surface area contributed by atoms with E-state index in [-0.39, 0.29) is 5.91 Å². The summed E-state index contributed by atoms with van der Waals surface area (Å²) >= 11 is 0. The SMILES string of the molecule is CN(CCNC(=O)c1ccc(CN)o1)C1CCCC1. The van der Waals surface area contributed by atoms with Gasteiger partial charge in [-0.3, -0.25) is 4.79 Å². The van der Waals surface area contributed by atoms with Gasteiger partial charge in [0.05, 0.1) is 6.54 Å². The molecule has 3 N–H and O–H groups in total. The van der Waals surface area contributed by atoms with E-state index >= 15 is 0 Å². The van der Waals surface area contributed by atoms with E-state index in [1.165, 1.54) is 25.7 Å². The summed E-state index contributed by atoms with van der Waals surface area (Å²) in [6.45, 7) is 1.84. The second-order valence-corrected chi connectivity index (χ2v) is 5.14. The number of carbonyl (C=O) groups excluding carboxylic acids is 1. The maximum absolute atomic E-state index is 11.8. The number of hydrogen-bond donors (Lipinski definition) is 2. The molecule has 5 heteroatoms. The van der Waals surface area contributed by atoms with Crippen molar-refractivity contribution in [2.24, 2.45) is 5.73 Å². The Bertz CT molecular complexity index is 411. The summed E-state index contributed by atoms with van der Waals surface area (Å²) in [7, 11) is 2.13. The first-order valence-electron chi connectivity index (χ1n) is 6.98. The zero-order chi connectivity index (χ0) is 13.7. The van der Waals surface area contributed by atoms with Crippen LogP contribution in [0.15, 0.2) is 16.5 Å². The van der Waals surface area contributed by atoms with Gasteiger partial charge in [-0.1, -0.05) is 12.8 Å². The van der Waals surface area contributed by atoms with Crippen LogP contribution in [0, 0.1) is 0 Å². The molecule has 1 aliphatic carbocycles. The topological polar surface area (TPSA) is 71.5 Å². The molecular formula is C14H23N3O2. The van der Waals surface area contributed by atoms with Crippen molar-refractivity contribution < 1.29 is 9.21 Å². The third-order valence-corrected chi connectivity index (χ3v) is 3.78. The number of furan rings is 1. The van der Waals surface area contributed by atoms with Crippen LogP contribution >= 0.6 is 0 Å². The molecule has 0 spiro atoms. The lowest BCUT2D eigenvalue weighted by atomic mass is 10.2. The van der Waals surface area contributed by atoms with Crippen molar-refractivity contribution in [1.82, 2.24) is 10.2 Å². The summed E-state index contributed by atoms with van der Waals surface area (Å²) in [6.07, 6.45) is 5.22. The molecule has 0 aromatic carbocycles. The second kappa shape index (κ2) is 6.73. The zero-order valence-electron chi connectivity index (χ0n) is 11.5. The third-order valence-electron chi connectivity index (χ3n) is 3.78. The quantitative estimate of drug-likeness (QED) is 0.814. The van der Waals surface area contributed by atoms with Gasteiger partial charge in [0, 0.05) is 19.1 Å². The minimum atomic E-state index is -0.167. The van der Waals surface area contributed by atoms with Gasteiger partial charge in [0.1, 0.15) is 5.76 Å². The Hall–Kier alpha value is -1.33. The van der Waals surface area contributed by atoms with E-state index in [0.717, 1.165) is 6.54 Å². The van der Waals surface area contributed by atoms with Crippen LogP contribution in [0.5, 0.6) is 0 Å². The Labute approximate surface area is 114 Å². The Morgan fingerprint density at radius 3 is 2.84 bits per heavy atom. The maximum atomic E-state index is 11.8. The molecule has 1 heterocycles. The fraction of sp³-hybridized carbons (Fsp3) is 0.643. The van der Waals surface area contributed by atoms with Crippen LogP contribution in [0.4, 0.5) is 0 Å². The molecule has 2 rings (SSSR count). The molecule has 1 amide bonds. The van der Waals surface area contributed by atoms with Gasteiger partial charge >= 0.3 is 0 Å². The number of rotatable bonds is 6. The van der Waals surface area contributed by atoms with Crippen molar-refractivity contribution in [3.8, 4) is 0 Å². The van der Waals surface area contributed by atoms with Gasteiger partial charge in [0.25, 0.3) is 5.91 Å². The molecule has 0 radical (unpaired) electrons. The van der Waals surface area contributed by atoms with Gasteiger partial charge in [0.15, 0.2) is 5.76 Å². The molecule has 5 nitrogen and oxygen atoms in total. The standard InChI is InChI=1S/C14H23N3O2/c1-17(11-4-2-3-5-11)9-8-16-14(18)13-7-6-12(10-15)19-13/h6-7,11H,2-5,8-10,15H2,1H3,(H,16,18). The molecule has 1 aromatic rings. The molecule has 1 fully saturated rings. The molecule has 19 heavy (non-hydrogen) atoms. The van der Waals surface area contributed by atoms with E-state index in [0.29, 0.717) is 30.7 Å². The predicted molar refractivity (Wildman–Crippen MR) is 73.8 cm³/mol. The zero-order valence-corrected chi connectivity index (χ0v) is 11.5. The average Bonchev–Trinajstić information content (AvgIpc) is 3.09. The van der Waals surface area contributed by atoms with Gasteiger partial charge in [-0.05, 0) is 32.0 Å². The van der Waals surface area contributed by atoms with E-state index in [1.807, 2.05) is 0 Å². The number of carbonyl (C=O) groups is 1. The minimum Gasteiger partial charge on any atom is -0.455 e. The van der Waals surface area contributed by atoms with Gasteiger partial charge in [0.2, 0.25) is 0 Å². The molecule has 0 aliphatic heterocycles. The number of amides is 1. The van der Waals surface area contributed by atoms with Crippen molar-refractivity contribution in [3.63, 3.8) is 0 Å². The predicted octanol–water partition coefficient (Wildman–Crippen LogP) is 1.34. The van der Waals surface area contributed by atoms with Crippen LogP contribution in [-0.4, -0.2) is 37.0 Å². The summed E-state index contributed by atoms with van der Waals surface area (Å²) in [5.74, 6) is 0.803. The molecule has 1 saturated carbocycles. The molecule has 1 aliphatic rings. The highest BCUT2D eigenvalue weighted by molar-refractivity contribution is 5.91. The lowest BCUT2D eigenvalue weighted by Gasteiger charge is -2.23. The maximum Gasteiger partial charge on any atom is 0.287 e. The monoisotopic (exact) mass is 265 g/mol.